The Labute approximate surface area is 155 Å². The molecule has 1 aromatic carbocycles. The van der Waals surface area contributed by atoms with Crippen LogP contribution in [0.25, 0.3) is 0 Å². The van der Waals surface area contributed by atoms with Gasteiger partial charge in [-0.3, -0.25) is 19.6 Å². The van der Waals surface area contributed by atoms with Crippen molar-refractivity contribution >= 4 is 29.1 Å². The monoisotopic (exact) mass is 366 g/mol. The van der Waals surface area contributed by atoms with Gasteiger partial charge in [0.15, 0.2) is 0 Å². The number of amides is 2. The van der Waals surface area contributed by atoms with Crippen LogP contribution < -0.4 is 10.6 Å². The summed E-state index contributed by atoms with van der Waals surface area (Å²) >= 11 is 5.82. The van der Waals surface area contributed by atoms with E-state index < -0.39 is 5.91 Å². The Hall–Kier alpha value is -3.25. The van der Waals surface area contributed by atoms with Gasteiger partial charge >= 0.3 is 0 Å². The predicted molar refractivity (Wildman–Crippen MR) is 99.0 cm³/mol. The van der Waals surface area contributed by atoms with Crippen molar-refractivity contribution < 1.29 is 9.59 Å². The molecule has 6 nitrogen and oxygen atoms in total. The van der Waals surface area contributed by atoms with Gasteiger partial charge in [0.1, 0.15) is 5.69 Å². The largest absolute Gasteiger partial charge is 0.346 e. The maximum atomic E-state index is 12.3. The molecule has 0 atom stereocenters. The summed E-state index contributed by atoms with van der Waals surface area (Å²) in [6.45, 7) is 0.300. The van der Waals surface area contributed by atoms with Crippen molar-refractivity contribution in [2.45, 2.75) is 6.54 Å². The van der Waals surface area contributed by atoms with Crippen molar-refractivity contribution in [1.82, 2.24) is 15.3 Å². The summed E-state index contributed by atoms with van der Waals surface area (Å²) in [6, 6.07) is 15.2. The van der Waals surface area contributed by atoms with Crippen LogP contribution in [0.4, 0.5) is 5.69 Å². The number of hydrogen-bond acceptors (Lipinski definition) is 4. The van der Waals surface area contributed by atoms with Crippen molar-refractivity contribution in [3.63, 3.8) is 0 Å². The number of rotatable bonds is 5. The molecule has 0 fully saturated rings. The molecule has 0 aliphatic heterocycles. The topological polar surface area (TPSA) is 84.0 Å². The molecule has 0 saturated heterocycles. The van der Waals surface area contributed by atoms with Gasteiger partial charge in [-0.25, -0.2) is 0 Å². The smallest absolute Gasteiger partial charge is 0.274 e. The Kier molecular flexibility index (Phi) is 5.56. The molecule has 3 rings (SSSR count). The van der Waals surface area contributed by atoms with Crippen LogP contribution in [0.2, 0.25) is 5.02 Å². The maximum absolute atomic E-state index is 12.3. The van der Waals surface area contributed by atoms with Gasteiger partial charge in [-0.05, 0) is 48.5 Å². The standard InChI is InChI=1S/C19H15ClN4O2/c20-14-4-6-15(7-5-14)24-19(26)17-11-13(8-10-22-17)18(25)23-12-16-3-1-2-9-21-16/h1-11H,12H2,(H,23,25)(H,24,26). The minimum absolute atomic E-state index is 0.144. The lowest BCUT2D eigenvalue weighted by Crippen LogP contribution is -2.24. The van der Waals surface area contributed by atoms with E-state index in [1.807, 2.05) is 12.1 Å². The molecule has 2 N–H and O–H groups in total. The molecule has 0 spiro atoms. The third-order valence-electron chi connectivity index (χ3n) is 3.51. The van der Waals surface area contributed by atoms with E-state index in [0.29, 0.717) is 22.8 Å². The molecule has 7 heteroatoms. The van der Waals surface area contributed by atoms with Gasteiger partial charge in [-0.1, -0.05) is 17.7 Å². The average molecular weight is 367 g/mol. The number of anilines is 1. The lowest BCUT2D eigenvalue weighted by Gasteiger charge is -2.07. The Balaban J connectivity index is 1.66. The second kappa shape index (κ2) is 8.22. The van der Waals surface area contributed by atoms with E-state index in [-0.39, 0.29) is 11.6 Å². The summed E-state index contributed by atoms with van der Waals surface area (Å²) in [5.74, 6) is -0.717. The fraction of sp³-hybridized carbons (Fsp3) is 0.0526. The molecule has 0 saturated carbocycles. The summed E-state index contributed by atoms with van der Waals surface area (Å²) in [5.41, 5.74) is 1.82. The first-order chi connectivity index (χ1) is 12.6. The summed E-state index contributed by atoms with van der Waals surface area (Å²) in [5, 5.41) is 6.05. The number of pyridine rings is 2. The first kappa shape index (κ1) is 17.6. The second-order valence-corrected chi connectivity index (χ2v) is 5.83. The molecule has 2 amide bonds. The number of carbonyl (C=O) groups excluding carboxylic acids is 2. The Bertz CT molecular complexity index is 914. The van der Waals surface area contributed by atoms with Gasteiger partial charge in [-0.2, -0.15) is 0 Å². The summed E-state index contributed by atoms with van der Waals surface area (Å²) in [7, 11) is 0. The number of benzene rings is 1. The molecular weight excluding hydrogens is 352 g/mol. The van der Waals surface area contributed by atoms with Crippen LogP contribution in [0.1, 0.15) is 26.5 Å². The van der Waals surface area contributed by atoms with Crippen LogP contribution in [-0.4, -0.2) is 21.8 Å². The highest BCUT2D eigenvalue weighted by molar-refractivity contribution is 6.30. The fourth-order valence-corrected chi connectivity index (χ4v) is 2.33. The highest BCUT2D eigenvalue weighted by Gasteiger charge is 2.12. The maximum Gasteiger partial charge on any atom is 0.274 e. The second-order valence-electron chi connectivity index (χ2n) is 5.39. The van der Waals surface area contributed by atoms with E-state index >= 15 is 0 Å². The van der Waals surface area contributed by atoms with Crippen LogP contribution in [-0.2, 0) is 6.54 Å². The van der Waals surface area contributed by atoms with Crippen LogP contribution in [0.5, 0.6) is 0 Å². The van der Waals surface area contributed by atoms with Gasteiger partial charge in [0.2, 0.25) is 0 Å². The average Bonchev–Trinajstić information content (AvgIpc) is 2.69. The zero-order valence-corrected chi connectivity index (χ0v) is 14.4. The van der Waals surface area contributed by atoms with Gasteiger partial charge < -0.3 is 10.6 Å². The van der Waals surface area contributed by atoms with E-state index in [2.05, 4.69) is 20.6 Å². The molecule has 0 aliphatic rings. The first-order valence-corrected chi connectivity index (χ1v) is 8.21. The molecule has 0 unspecified atom stereocenters. The lowest BCUT2D eigenvalue weighted by atomic mass is 10.2. The highest BCUT2D eigenvalue weighted by Crippen LogP contribution is 2.14. The number of nitrogens with one attached hydrogen (secondary N) is 2. The van der Waals surface area contributed by atoms with Crippen LogP contribution in [0.3, 0.4) is 0 Å². The van der Waals surface area contributed by atoms with Crippen molar-refractivity contribution in [3.8, 4) is 0 Å². The molecule has 130 valence electrons. The third-order valence-corrected chi connectivity index (χ3v) is 3.77. The predicted octanol–water partition coefficient (Wildman–Crippen LogP) is 3.31. The van der Waals surface area contributed by atoms with Gasteiger partial charge in [0.25, 0.3) is 11.8 Å². The Morgan fingerprint density at radius 2 is 1.73 bits per heavy atom. The number of hydrogen-bond donors (Lipinski definition) is 2. The molecule has 26 heavy (non-hydrogen) atoms. The number of halogens is 1. The quantitative estimate of drug-likeness (QED) is 0.725. The molecular formula is C19H15ClN4O2. The van der Waals surface area contributed by atoms with E-state index in [1.165, 1.54) is 12.3 Å². The number of nitrogens with zero attached hydrogens (tertiary/aromatic N) is 2. The molecule has 2 heterocycles. The molecule has 0 aliphatic carbocycles. The number of carbonyl (C=O) groups is 2. The lowest BCUT2D eigenvalue weighted by molar-refractivity contribution is 0.0950. The normalized spacial score (nSPS) is 10.2. The Morgan fingerprint density at radius 3 is 2.46 bits per heavy atom. The van der Waals surface area contributed by atoms with E-state index in [0.717, 1.165) is 5.69 Å². The van der Waals surface area contributed by atoms with Crippen molar-refractivity contribution in [3.05, 3.63) is 89.0 Å². The van der Waals surface area contributed by atoms with Crippen LogP contribution >= 0.6 is 11.6 Å². The van der Waals surface area contributed by atoms with Gasteiger partial charge in [0, 0.05) is 28.7 Å². The van der Waals surface area contributed by atoms with E-state index in [4.69, 9.17) is 11.6 Å². The number of aromatic nitrogens is 2. The van der Waals surface area contributed by atoms with Crippen molar-refractivity contribution in [2.75, 3.05) is 5.32 Å². The zero-order chi connectivity index (χ0) is 18.4. The summed E-state index contributed by atoms with van der Waals surface area (Å²) < 4.78 is 0. The molecule has 0 bridgehead atoms. The first-order valence-electron chi connectivity index (χ1n) is 7.83. The fourth-order valence-electron chi connectivity index (χ4n) is 2.20. The minimum Gasteiger partial charge on any atom is -0.346 e. The SMILES string of the molecule is O=C(NCc1ccccn1)c1ccnc(C(=O)Nc2ccc(Cl)cc2)c1. The third kappa shape index (κ3) is 4.64. The Morgan fingerprint density at radius 1 is 0.923 bits per heavy atom. The van der Waals surface area contributed by atoms with Crippen molar-refractivity contribution in [1.29, 1.82) is 0 Å². The molecule has 2 aromatic heterocycles. The molecule has 3 aromatic rings. The minimum atomic E-state index is -0.410. The van der Waals surface area contributed by atoms with E-state index in [1.54, 1.807) is 42.6 Å². The summed E-state index contributed by atoms with van der Waals surface area (Å²) in [4.78, 5) is 32.7. The van der Waals surface area contributed by atoms with Gasteiger partial charge in [0.05, 0.1) is 12.2 Å². The van der Waals surface area contributed by atoms with Crippen molar-refractivity contribution in [2.24, 2.45) is 0 Å². The van der Waals surface area contributed by atoms with Crippen LogP contribution in [0, 0.1) is 0 Å². The highest BCUT2D eigenvalue weighted by atomic mass is 35.5. The van der Waals surface area contributed by atoms with Gasteiger partial charge in [-0.15, -0.1) is 0 Å². The summed E-state index contributed by atoms with van der Waals surface area (Å²) in [6.07, 6.45) is 3.08. The van der Waals surface area contributed by atoms with E-state index in [9.17, 15) is 9.59 Å². The zero-order valence-electron chi connectivity index (χ0n) is 13.6. The molecule has 0 radical (unpaired) electrons. The van der Waals surface area contributed by atoms with Crippen LogP contribution in [0.15, 0.2) is 67.0 Å².